The van der Waals surface area contributed by atoms with Crippen molar-refractivity contribution in [3.05, 3.63) is 61.6 Å². The maximum atomic E-state index is 5.11. The van der Waals surface area contributed by atoms with Crippen LogP contribution in [0.2, 0.25) is 0 Å². The van der Waals surface area contributed by atoms with Gasteiger partial charge in [-0.3, -0.25) is 0 Å². The van der Waals surface area contributed by atoms with Gasteiger partial charge in [-0.25, -0.2) is 9.97 Å². The van der Waals surface area contributed by atoms with E-state index in [-0.39, 0.29) is 0 Å². The van der Waals surface area contributed by atoms with Crippen LogP contribution in [0.25, 0.3) is 11.5 Å². The summed E-state index contributed by atoms with van der Waals surface area (Å²) in [5, 5.41) is 0. The fourth-order valence-electron chi connectivity index (χ4n) is 1.12. The van der Waals surface area contributed by atoms with Gasteiger partial charge in [-0.1, -0.05) is 18.2 Å². The highest BCUT2D eigenvalue weighted by Crippen LogP contribution is 2.14. The van der Waals surface area contributed by atoms with Crippen LogP contribution >= 0.6 is 0 Å². The third kappa shape index (κ3) is 2.81. The molecule has 4 nitrogen and oxygen atoms in total. The summed E-state index contributed by atoms with van der Waals surface area (Å²) < 4.78 is 9.58. The molecule has 3 rings (SSSR count). The second kappa shape index (κ2) is 5.50. The number of nitrogens with zero attached hydrogens (tertiary/aromatic N) is 2. The fraction of sp³-hybridized carbons (Fsp3) is 0. The van der Waals surface area contributed by atoms with E-state index in [1.807, 2.05) is 30.3 Å². The predicted octanol–water partition coefficient (Wildman–Crippen LogP) is 3.02. The van der Waals surface area contributed by atoms with Crippen molar-refractivity contribution >= 4 is 0 Å². The first-order valence-corrected chi connectivity index (χ1v) is 4.74. The molecule has 0 aliphatic rings. The number of hydrogen-bond acceptors (Lipinski definition) is 4. The summed E-state index contributed by atoms with van der Waals surface area (Å²) in [5.74, 6) is 0.672. The summed E-state index contributed by atoms with van der Waals surface area (Å²) in [6, 6.07) is 9.81. The minimum Gasteiger partial charge on any atom is -0.452 e. The lowest BCUT2D eigenvalue weighted by Gasteiger charge is -1.91. The van der Waals surface area contributed by atoms with Gasteiger partial charge in [-0.15, -0.1) is 0 Å². The van der Waals surface area contributed by atoms with Crippen molar-refractivity contribution in [1.29, 1.82) is 0 Å². The summed E-state index contributed by atoms with van der Waals surface area (Å²) in [4.78, 5) is 7.58. The first-order chi connectivity index (χ1) is 7.97. The smallest absolute Gasteiger partial charge is 0.225 e. The molecule has 0 unspecified atom stereocenters. The molecular formula is C12H10N2O2. The van der Waals surface area contributed by atoms with E-state index in [2.05, 4.69) is 14.4 Å². The van der Waals surface area contributed by atoms with Gasteiger partial charge in [-0.2, -0.15) is 0 Å². The Balaban J connectivity index is 0.000000162. The predicted molar refractivity (Wildman–Crippen MR) is 58.4 cm³/mol. The van der Waals surface area contributed by atoms with E-state index < -0.39 is 0 Å². The zero-order valence-corrected chi connectivity index (χ0v) is 8.48. The van der Waals surface area contributed by atoms with Gasteiger partial charge in [0, 0.05) is 5.56 Å². The topological polar surface area (TPSA) is 52.1 Å². The minimum absolute atomic E-state index is 0.672. The molecule has 0 aliphatic carbocycles. The van der Waals surface area contributed by atoms with Crippen LogP contribution in [0.15, 0.2) is 70.5 Å². The molecule has 2 heterocycles. The molecule has 0 aliphatic heterocycles. The maximum Gasteiger partial charge on any atom is 0.225 e. The molecule has 0 spiro atoms. The number of hydrogen-bond donors (Lipinski definition) is 0. The van der Waals surface area contributed by atoms with Gasteiger partial charge in [0.25, 0.3) is 0 Å². The van der Waals surface area contributed by atoms with Crippen molar-refractivity contribution in [2.75, 3.05) is 0 Å². The van der Waals surface area contributed by atoms with Crippen LogP contribution in [0.1, 0.15) is 0 Å². The summed E-state index contributed by atoms with van der Waals surface area (Å²) in [6.45, 7) is 0. The Labute approximate surface area is 92.6 Å². The van der Waals surface area contributed by atoms with Crippen molar-refractivity contribution in [1.82, 2.24) is 9.97 Å². The van der Waals surface area contributed by atoms with Crippen molar-refractivity contribution in [3.63, 3.8) is 0 Å². The largest absolute Gasteiger partial charge is 0.452 e. The van der Waals surface area contributed by atoms with E-state index in [0.29, 0.717) is 5.89 Å². The highest BCUT2D eigenvalue weighted by atomic mass is 16.3. The van der Waals surface area contributed by atoms with Crippen LogP contribution in [-0.4, -0.2) is 9.97 Å². The van der Waals surface area contributed by atoms with E-state index in [0.717, 1.165) is 5.56 Å². The Morgan fingerprint density at radius 1 is 0.938 bits per heavy atom. The minimum atomic E-state index is 0.672. The molecule has 0 bridgehead atoms. The van der Waals surface area contributed by atoms with Crippen LogP contribution in [0.4, 0.5) is 0 Å². The van der Waals surface area contributed by atoms with Crippen LogP contribution < -0.4 is 0 Å². The van der Waals surface area contributed by atoms with Crippen LogP contribution in [0.3, 0.4) is 0 Å². The Morgan fingerprint density at radius 3 is 2.31 bits per heavy atom. The third-order valence-corrected chi connectivity index (χ3v) is 1.80. The van der Waals surface area contributed by atoms with Gasteiger partial charge in [0.05, 0.1) is 12.4 Å². The van der Waals surface area contributed by atoms with E-state index in [1.54, 1.807) is 18.7 Å². The Bertz CT molecular complexity index is 458. The number of aromatic nitrogens is 2. The van der Waals surface area contributed by atoms with Gasteiger partial charge in [0.1, 0.15) is 12.5 Å². The molecule has 0 N–H and O–H groups in total. The summed E-state index contributed by atoms with van der Waals surface area (Å²) in [7, 11) is 0. The molecule has 3 aromatic rings. The molecule has 1 aromatic carbocycles. The van der Waals surface area contributed by atoms with E-state index >= 15 is 0 Å². The van der Waals surface area contributed by atoms with Gasteiger partial charge < -0.3 is 8.83 Å². The average molecular weight is 214 g/mol. The first kappa shape index (κ1) is 10.2. The van der Waals surface area contributed by atoms with Gasteiger partial charge in [0.15, 0.2) is 6.39 Å². The molecule has 0 amide bonds. The SMILES string of the molecule is c1ccc(-c2ncco2)cc1.c1cocn1. The molecular weight excluding hydrogens is 204 g/mol. The monoisotopic (exact) mass is 214 g/mol. The molecule has 0 radical (unpaired) electrons. The fourth-order valence-corrected chi connectivity index (χ4v) is 1.12. The molecule has 0 atom stereocenters. The van der Waals surface area contributed by atoms with Gasteiger partial charge in [0.2, 0.25) is 5.89 Å². The Kier molecular flexibility index (Phi) is 3.50. The molecule has 0 fully saturated rings. The molecule has 16 heavy (non-hydrogen) atoms. The summed E-state index contributed by atoms with van der Waals surface area (Å²) in [5.41, 5.74) is 1.01. The van der Waals surface area contributed by atoms with Crippen LogP contribution in [0, 0.1) is 0 Å². The van der Waals surface area contributed by atoms with Crippen molar-refractivity contribution < 1.29 is 8.83 Å². The molecule has 80 valence electrons. The van der Waals surface area contributed by atoms with E-state index in [9.17, 15) is 0 Å². The standard InChI is InChI=1S/C9H7NO.C3H3NO/c1-2-4-8(5-3-1)9-10-6-7-11-9;1-2-5-3-4-1/h1-7H;1-3H. The molecule has 2 aromatic heterocycles. The number of benzene rings is 1. The third-order valence-electron chi connectivity index (χ3n) is 1.80. The summed E-state index contributed by atoms with van der Waals surface area (Å²) in [6.07, 6.45) is 7.69. The lowest BCUT2D eigenvalue weighted by molar-refractivity contribution is 0.558. The first-order valence-electron chi connectivity index (χ1n) is 4.74. The second-order valence-corrected chi connectivity index (χ2v) is 2.88. The van der Waals surface area contributed by atoms with Crippen molar-refractivity contribution in [3.8, 4) is 11.5 Å². The molecule has 0 saturated heterocycles. The van der Waals surface area contributed by atoms with E-state index in [1.165, 1.54) is 12.7 Å². The zero-order valence-electron chi connectivity index (χ0n) is 8.48. The van der Waals surface area contributed by atoms with Gasteiger partial charge in [-0.05, 0) is 12.1 Å². The van der Waals surface area contributed by atoms with Gasteiger partial charge >= 0.3 is 0 Å². The lowest BCUT2D eigenvalue weighted by Crippen LogP contribution is -1.73. The Morgan fingerprint density at radius 2 is 1.81 bits per heavy atom. The quantitative estimate of drug-likeness (QED) is 0.624. The Hall–Kier alpha value is -2.36. The maximum absolute atomic E-state index is 5.11. The molecule has 0 saturated carbocycles. The highest BCUT2D eigenvalue weighted by Gasteiger charge is 1.97. The zero-order chi connectivity index (χ0) is 11.1. The van der Waals surface area contributed by atoms with Crippen LogP contribution in [-0.2, 0) is 0 Å². The van der Waals surface area contributed by atoms with Crippen molar-refractivity contribution in [2.24, 2.45) is 0 Å². The normalized spacial score (nSPS) is 9.25. The number of rotatable bonds is 1. The lowest BCUT2D eigenvalue weighted by atomic mass is 10.2. The number of oxazole rings is 2. The second-order valence-electron chi connectivity index (χ2n) is 2.88. The average Bonchev–Trinajstić information content (AvgIpc) is 3.07. The highest BCUT2D eigenvalue weighted by molar-refractivity contribution is 5.51. The van der Waals surface area contributed by atoms with Crippen molar-refractivity contribution in [2.45, 2.75) is 0 Å². The summed E-state index contributed by atoms with van der Waals surface area (Å²) >= 11 is 0. The van der Waals surface area contributed by atoms with Crippen LogP contribution in [0.5, 0.6) is 0 Å². The molecule has 4 heteroatoms. The van der Waals surface area contributed by atoms with E-state index in [4.69, 9.17) is 4.42 Å².